The third kappa shape index (κ3) is 17.1. The molecule has 0 spiro atoms. The van der Waals surface area contributed by atoms with Crippen LogP contribution >= 0.6 is 0 Å². The van der Waals surface area contributed by atoms with E-state index in [1.807, 2.05) is 46.8 Å². The first-order valence-electron chi connectivity index (χ1n) is 22.6. The number of aliphatic hydroxyl groups excluding tert-OH is 1. The van der Waals surface area contributed by atoms with Gasteiger partial charge in [-0.05, 0) is 108 Å². The van der Waals surface area contributed by atoms with Gasteiger partial charge < -0.3 is 64.8 Å². The molecule has 1 saturated heterocycles. The molecule has 0 saturated carbocycles. The van der Waals surface area contributed by atoms with Gasteiger partial charge in [0.15, 0.2) is 0 Å². The maximum absolute atomic E-state index is 14.3. The maximum atomic E-state index is 14.3. The number of nitrogens with one attached hydrogen (secondary N) is 8. The average molecular weight is 922 g/mol. The van der Waals surface area contributed by atoms with E-state index in [1.165, 1.54) is 6.92 Å². The molecule has 0 aliphatic carbocycles. The number of amides is 8. The van der Waals surface area contributed by atoms with Crippen molar-refractivity contribution < 1.29 is 43.5 Å². The minimum absolute atomic E-state index is 0.0236. The van der Waals surface area contributed by atoms with Gasteiger partial charge in [-0.2, -0.15) is 0 Å². The molecule has 1 heterocycles. The number of aryl methyl sites for hydroxylation is 3. The zero-order valence-corrected chi connectivity index (χ0v) is 39.0. The van der Waals surface area contributed by atoms with Crippen LogP contribution in [0.3, 0.4) is 0 Å². The third-order valence-corrected chi connectivity index (χ3v) is 11.1. The Balaban J connectivity index is 2.11. The minimum atomic E-state index is -1.55. The first-order valence-corrected chi connectivity index (χ1v) is 22.6. The summed E-state index contributed by atoms with van der Waals surface area (Å²) in [7, 11) is 0. The lowest BCUT2D eigenvalue weighted by Crippen LogP contribution is -2.61. The molecule has 8 amide bonds. The summed E-state index contributed by atoms with van der Waals surface area (Å²) < 4.78 is 0. The normalized spacial score (nSPS) is 23.9. The van der Waals surface area contributed by atoms with E-state index in [1.54, 1.807) is 30.3 Å². The van der Waals surface area contributed by atoms with Crippen LogP contribution in [-0.2, 0) is 51.2 Å². The molecule has 1 fully saturated rings. The number of aliphatic hydroxyl groups is 1. The molecular formula is C46H71N11O9. The zero-order chi connectivity index (χ0) is 49.1. The summed E-state index contributed by atoms with van der Waals surface area (Å²) in [5, 5.41) is 31.8. The number of hydrogen-bond acceptors (Lipinski definition) is 12. The summed E-state index contributed by atoms with van der Waals surface area (Å²) in [5.41, 5.74) is 21.8. The number of carbonyl (C=O) groups is 8. The Bertz CT molecular complexity index is 1980. The Kier molecular flexibility index (Phi) is 22.1. The van der Waals surface area contributed by atoms with Crippen molar-refractivity contribution in [1.82, 2.24) is 42.5 Å². The van der Waals surface area contributed by atoms with Crippen molar-refractivity contribution in [3.63, 3.8) is 0 Å². The van der Waals surface area contributed by atoms with Gasteiger partial charge in [-0.15, -0.1) is 0 Å². The second kappa shape index (κ2) is 26.9. The lowest BCUT2D eigenvalue weighted by Gasteiger charge is -2.28. The summed E-state index contributed by atoms with van der Waals surface area (Å²) in [6, 6.07) is 3.38. The van der Waals surface area contributed by atoms with Gasteiger partial charge in [-0.3, -0.25) is 38.4 Å². The fourth-order valence-electron chi connectivity index (χ4n) is 7.70. The van der Waals surface area contributed by atoms with E-state index in [9.17, 15) is 43.5 Å². The maximum Gasteiger partial charge on any atom is 0.245 e. The lowest BCUT2D eigenvalue weighted by molar-refractivity contribution is -0.136. The second-order valence-corrected chi connectivity index (χ2v) is 17.3. The third-order valence-electron chi connectivity index (χ3n) is 11.1. The van der Waals surface area contributed by atoms with Crippen molar-refractivity contribution in [3.8, 4) is 0 Å². The van der Waals surface area contributed by atoms with Crippen molar-refractivity contribution >= 4 is 47.3 Å². The smallest absolute Gasteiger partial charge is 0.245 e. The Labute approximate surface area is 386 Å². The van der Waals surface area contributed by atoms with Crippen LogP contribution in [0.15, 0.2) is 42.5 Å². The van der Waals surface area contributed by atoms with Crippen molar-refractivity contribution in [2.24, 2.45) is 23.1 Å². The van der Waals surface area contributed by atoms with E-state index < -0.39 is 95.7 Å². The minimum Gasteiger partial charge on any atom is -0.391 e. The van der Waals surface area contributed by atoms with Gasteiger partial charge in [0.1, 0.15) is 42.3 Å². The molecule has 2 aromatic rings. The number of carbonyl (C=O) groups excluding carboxylic acids is 8. The first-order chi connectivity index (χ1) is 31.3. The van der Waals surface area contributed by atoms with Gasteiger partial charge in [-0.1, -0.05) is 61.9 Å². The van der Waals surface area contributed by atoms with Crippen LogP contribution in [0.4, 0.5) is 0 Å². The Hall–Kier alpha value is -5.96. The molecule has 20 nitrogen and oxygen atoms in total. The Morgan fingerprint density at radius 3 is 1.61 bits per heavy atom. The molecule has 20 heteroatoms. The Morgan fingerprint density at radius 1 is 0.652 bits per heavy atom. The van der Waals surface area contributed by atoms with Crippen LogP contribution in [0.5, 0.6) is 0 Å². The highest BCUT2D eigenvalue weighted by Crippen LogP contribution is 2.17. The highest BCUT2D eigenvalue weighted by atomic mass is 16.3. The molecule has 66 heavy (non-hydrogen) atoms. The van der Waals surface area contributed by atoms with Crippen LogP contribution in [-0.4, -0.2) is 127 Å². The SMILES string of the molecule is Cc1cc(C)c(CC(=O)N[C@H]2CCNC(=O)[C@H]([C@@H](C)O)NC(=O)[C@H](CCN)NC(=O)[C@H](CCN)NC(=O)C(CC(C)C)NC(=O)[C@@H](Cc3ccccc3)NC(=O)[C@H](CCN)NC2=O)c(C)c1. The van der Waals surface area contributed by atoms with E-state index in [2.05, 4.69) is 42.5 Å². The molecule has 1 unspecified atom stereocenters. The number of rotatable bonds is 14. The summed E-state index contributed by atoms with van der Waals surface area (Å²) in [4.78, 5) is 111. The largest absolute Gasteiger partial charge is 0.391 e. The summed E-state index contributed by atoms with van der Waals surface area (Å²) in [6.07, 6.45) is -1.90. The fourth-order valence-corrected chi connectivity index (χ4v) is 7.70. The van der Waals surface area contributed by atoms with Crippen molar-refractivity contribution in [1.29, 1.82) is 0 Å². The highest BCUT2D eigenvalue weighted by molar-refractivity contribution is 5.98. The zero-order valence-electron chi connectivity index (χ0n) is 39.0. The lowest BCUT2D eigenvalue weighted by atomic mass is 9.97. The second-order valence-electron chi connectivity index (χ2n) is 17.3. The molecule has 3 rings (SSSR count). The standard InChI is InChI=1S/C46H71N11O9/c1-25(2)20-36-44(64)54-32(12-16-47)40(60)53-34(14-18-49)43(63)57-39(29(6)58)46(66)50-19-15-35(51-38(59)24-31-27(4)21-26(3)22-28(31)5)42(62)52-33(13-17-48)41(61)56-37(45(65)55-36)23-30-10-8-7-9-11-30/h7-11,21-22,25,29,32-37,39,58H,12-20,23-24,47-49H2,1-6H3,(H,50,66)(H,51,59)(H,52,62)(H,53,60)(H,54,64)(H,55,65)(H,56,61)(H,57,63)/t29-,32+,33+,34+,35+,36?,37-,39+/m1/s1. The first kappa shape index (κ1) is 54.4. The van der Waals surface area contributed by atoms with Crippen LogP contribution < -0.4 is 59.7 Å². The Morgan fingerprint density at radius 2 is 1.11 bits per heavy atom. The molecule has 0 bridgehead atoms. The molecule has 0 radical (unpaired) electrons. The highest BCUT2D eigenvalue weighted by Gasteiger charge is 2.35. The van der Waals surface area contributed by atoms with Gasteiger partial charge in [0.2, 0.25) is 47.3 Å². The van der Waals surface area contributed by atoms with E-state index in [0.717, 1.165) is 22.3 Å². The van der Waals surface area contributed by atoms with Gasteiger partial charge in [0, 0.05) is 13.0 Å². The monoisotopic (exact) mass is 922 g/mol. The number of nitrogens with two attached hydrogens (primary N) is 3. The molecule has 15 N–H and O–H groups in total. The van der Waals surface area contributed by atoms with E-state index in [0.29, 0.717) is 5.56 Å². The summed E-state index contributed by atoms with van der Waals surface area (Å²) in [6.45, 7) is 10.1. The van der Waals surface area contributed by atoms with Crippen molar-refractivity contribution in [3.05, 3.63) is 70.3 Å². The van der Waals surface area contributed by atoms with Crippen LogP contribution in [0.25, 0.3) is 0 Å². The van der Waals surface area contributed by atoms with Crippen molar-refractivity contribution in [2.75, 3.05) is 26.2 Å². The molecule has 8 atom stereocenters. The molecule has 0 aromatic heterocycles. The van der Waals surface area contributed by atoms with Gasteiger partial charge in [-0.25, -0.2) is 0 Å². The van der Waals surface area contributed by atoms with E-state index in [-0.39, 0.29) is 77.0 Å². The quantitative estimate of drug-likeness (QED) is 0.0960. The topological polar surface area (TPSA) is 331 Å². The summed E-state index contributed by atoms with van der Waals surface area (Å²) in [5.74, 6) is -6.24. The molecule has 364 valence electrons. The number of benzene rings is 2. The van der Waals surface area contributed by atoms with E-state index in [4.69, 9.17) is 17.2 Å². The van der Waals surface area contributed by atoms with Gasteiger partial charge >= 0.3 is 0 Å². The van der Waals surface area contributed by atoms with Crippen LogP contribution in [0.2, 0.25) is 0 Å². The molecule has 1 aliphatic heterocycles. The van der Waals surface area contributed by atoms with Crippen LogP contribution in [0.1, 0.15) is 80.7 Å². The van der Waals surface area contributed by atoms with E-state index >= 15 is 0 Å². The van der Waals surface area contributed by atoms with Gasteiger partial charge in [0.25, 0.3) is 0 Å². The van der Waals surface area contributed by atoms with Crippen molar-refractivity contribution in [2.45, 2.75) is 135 Å². The average Bonchev–Trinajstić information content (AvgIpc) is 3.24. The van der Waals surface area contributed by atoms with Crippen LogP contribution in [0, 0.1) is 26.7 Å². The predicted octanol–water partition coefficient (Wildman–Crippen LogP) is -2.22. The predicted molar refractivity (Wildman–Crippen MR) is 248 cm³/mol. The summed E-state index contributed by atoms with van der Waals surface area (Å²) >= 11 is 0. The fraction of sp³-hybridized carbons (Fsp3) is 0.565. The molecule has 1 aliphatic rings. The molecular weight excluding hydrogens is 851 g/mol. The van der Waals surface area contributed by atoms with Gasteiger partial charge in [0.05, 0.1) is 12.5 Å². The molecule has 2 aromatic carbocycles. The number of hydrogen-bond donors (Lipinski definition) is 12.